The molecule has 0 spiro atoms. The highest BCUT2D eigenvalue weighted by atomic mass is 35.5. The van der Waals surface area contributed by atoms with Crippen LogP contribution in [0, 0.1) is 5.82 Å². The molecule has 0 saturated heterocycles. The summed E-state index contributed by atoms with van der Waals surface area (Å²) in [6.45, 7) is 0. The van der Waals surface area contributed by atoms with Gasteiger partial charge in [0.2, 0.25) is 0 Å². The number of carbonyl (C=O) groups excluding carboxylic acids is 1. The number of hydrogen-bond donors (Lipinski definition) is 0. The molecule has 1 aromatic carbocycles. The summed E-state index contributed by atoms with van der Waals surface area (Å²) in [7, 11) is 2.69. The average molecular weight is 247 g/mol. The Bertz CT molecular complexity index is 393. The molecular weight excluding hydrogens is 235 g/mol. The summed E-state index contributed by atoms with van der Waals surface area (Å²) in [5.41, 5.74) is 0.896. The van der Waals surface area contributed by atoms with Crippen LogP contribution < -0.4 is 4.74 Å². The number of hydrogen-bond acceptors (Lipinski definition) is 3. The maximum atomic E-state index is 13.5. The highest BCUT2D eigenvalue weighted by Gasteiger charge is 2.13. The Hall–Kier alpha value is -1.29. The molecule has 0 saturated carbocycles. The third-order valence-corrected chi connectivity index (χ3v) is 2.44. The summed E-state index contributed by atoms with van der Waals surface area (Å²) < 4.78 is 23.0. The summed E-state index contributed by atoms with van der Waals surface area (Å²) in [5.74, 6) is -0.431. The number of ether oxygens (including phenoxy) is 2. The van der Waals surface area contributed by atoms with Crippen molar-refractivity contribution in [3.8, 4) is 5.75 Å². The van der Waals surface area contributed by atoms with E-state index in [-0.39, 0.29) is 17.9 Å². The normalized spacial score (nSPS) is 10.0. The van der Waals surface area contributed by atoms with Crippen molar-refractivity contribution >= 4 is 17.6 Å². The van der Waals surface area contributed by atoms with E-state index in [2.05, 4.69) is 4.74 Å². The van der Waals surface area contributed by atoms with Gasteiger partial charge in [-0.25, -0.2) is 4.39 Å². The monoisotopic (exact) mass is 246 g/mol. The molecule has 1 aromatic rings. The van der Waals surface area contributed by atoms with Crippen LogP contribution in [0.15, 0.2) is 12.1 Å². The lowest BCUT2D eigenvalue weighted by Gasteiger charge is -2.09. The highest BCUT2D eigenvalue weighted by Crippen LogP contribution is 2.24. The van der Waals surface area contributed by atoms with Gasteiger partial charge in [0.05, 0.1) is 26.5 Å². The zero-order valence-electron chi connectivity index (χ0n) is 9.05. The zero-order chi connectivity index (χ0) is 12.1. The first-order chi connectivity index (χ1) is 7.62. The molecule has 3 nitrogen and oxygen atoms in total. The molecule has 0 amide bonds. The largest absolute Gasteiger partial charge is 0.496 e. The van der Waals surface area contributed by atoms with E-state index in [4.69, 9.17) is 16.3 Å². The van der Waals surface area contributed by atoms with E-state index in [1.165, 1.54) is 26.4 Å². The first kappa shape index (κ1) is 12.8. The van der Waals surface area contributed by atoms with Gasteiger partial charge < -0.3 is 9.47 Å². The number of carbonyl (C=O) groups is 1. The Balaban J connectivity index is 3.06. The van der Waals surface area contributed by atoms with Gasteiger partial charge in [-0.05, 0) is 11.6 Å². The molecule has 0 bridgehead atoms. The second kappa shape index (κ2) is 5.70. The van der Waals surface area contributed by atoms with Crippen molar-refractivity contribution in [2.75, 3.05) is 14.2 Å². The van der Waals surface area contributed by atoms with Gasteiger partial charge in [0.15, 0.2) is 0 Å². The van der Waals surface area contributed by atoms with Gasteiger partial charge in [0.1, 0.15) is 11.6 Å². The van der Waals surface area contributed by atoms with E-state index in [1.807, 2.05) is 0 Å². The second-order valence-electron chi connectivity index (χ2n) is 3.14. The molecule has 0 heterocycles. The standard InChI is InChI=1S/C11H12ClFO3/c1-15-10-5-9(13)7(3-8(10)6-12)4-11(14)16-2/h3,5H,4,6H2,1-2H3. The minimum Gasteiger partial charge on any atom is -0.496 e. The zero-order valence-corrected chi connectivity index (χ0v) is 9.81. The van der Waals surface area contributed by atoms with Crippen molar-refractivity contribution < 1.29 is 18.7 Å². The van der Waals surface area contributed by atoms with Gasteiger partial charge in [-0.2, -0.15) is 0 Å². The Morgan fingerprint density at radius 1 is 1.38 bits per heavy atom. The van der Waals surface area contributed by atoms with Crippen molar-refractivity contribution in [3.05, 3.63) is 29.1 Å². The smallest absolute Gasteiger partial charge is 0.310 e. The van der Waals surface area contributed by atoms with Crippen LogP contribution in [0.1, 0.15) is 11.1 Å². The van der Waals surface area contributed by atoms with Crippen LogP contribution in [0.5, 0.6) is 5.75 Å². The molecule has 16 heavy (non-hydrogen) atoms. The van der Waals surface area contributed by atoms with E-state index in [1.54, 1.807) is 0 Å². The topological polar surface area (TPSA) is 35.5 Å². The van der Waals surface area contributed by atoms with Gasteiger partial charge in [0, 0.05) is 11.6 Å². The molecule has 0 radical (unpaired) electrons. The summed E-state index contributed by atoms with van der Waals surface area (Å²) in [5, 5.41) is 0. The summed E-state index contributed by atoms with van der Waals surface area (Å²) in [4.78, 5) is 11.0. The molecule has 0 fully saturated rings. The Kier molecular flexibility index (Phi) is 4.55. The molecule has 5 heteroatoms. The lowest BCUT2D eigenvalue weighted by molar-refractivity contribution is -0.139. The molecule has 88 valence electrons. The van der Waals surface area contributed by atoms with Gasteiger partial charge in [-0.1, -0.05) is 0 Å². The molecule has 0 atom stereocenters. The highest BCUT2D eigenvalue weighted by molar-refractivity contribution is 6.17. The van der Waals surface area contributed by atoms with Crippen LogP contribution in [0.3, 0.4) is 0 Å². The number of benzene rings is 1. The maximum absolute atomic E-state index is 13.5. The molecule has 0 aliphatic heterocycles. The van der Waals surface area contributed by atoms with Crippen molar-refractivity contribution in [1.82, 2.24) is 0 Å². The predicted molar refractivity (Wildman–Crippen MR) is 58.2 cm³/mol. The fraction of sp³-hybridized carbons (Fsp3) is 0.364. The van der Waals surface area contributed by atoms with Crippen molar-refractivity contribution in [1.29, 1.82) is 0 Å². The number of halogens is 2. The summed E-state index contributed by atoms with van der Waals surface area (Å²) >= 11 is 5.69. The molecule has 0 aliphatic carbocycles. The van der Waals surface area contributed by atoms with E-state index in [0.717, 1.165) is 0 Å². The summed E-state index contributed by atoms with van der Waals surface area (Å²) in [6, 6.07) is 2.73. The van der Waals surface area contributed by atoms with E-state index in [0.29, 0.717) is 11.3 Å². The molecule has 1 rings (SSSR count). The fourth-order valence-corrected chi connectivity index (χ4v) is 1.52. The second-order valence-corrected chi connectivity index (χ2v) is 3.41. The Morgan fingerprint density at radius 2 is 2.06 bits per heavy atom. The molecule has 0 aromatic heterocycles. The van der Waals surface area contributed by atoms with Crippen molar-refractivity contribution in [3.63, 3.8) is 0 Å². The first-order valence-corrected chi connectivity index (χ1v) is 5.13. The maximum Gasteiger partial charge on any atom is 0.310 e. The van der Waals surface area contributed by atoms with Gasteiger partial charge in [-0.3, -0.25) is 4.79 Å². The van der Waals surface area contributed by atoms with E-state index in [9.17, 15) is 9.18 Å². The van der Waals surface area contributed by atoms with Crippen LogP contribution in [0.4, 0.5) is 4.39 Å². The molecule has 0 N–H and O–H groups in total. The van der Waals surface area contributed by atoms with Crippen LogP contribution in [-0.2, 0) is 21.8 Å². The lowest BCUT2D eigenvalue weighted by Crippen LogP contribution is -2.07. The van der Waals surface area contributed by atoms with E-state index >= 15 is 0 Å². The number of alkyl halides is 1. The number of rotatable bonds is 4. The number of esters is 1. The van der Waals surface area contributed by atoms with Gasteiger partial charge >= 0.3 is 5.97 Å². The SMILES string of the molecule is COC(=O)Cc1cc(CCl)c(OC)cc1F. The lowest BCUT2D eigenvalue weighted by atomic mass is 10.1. The average Bonchev–Trinajstić information content (AvgIpc) is 2.30. The summed E-state index contributed by atoms with van der Waals surface area (Å²) in [6.07, 6.45) is -0.115. The van der Waals surface area contributed by atoms with Gasteiger partial charge in [-0.15, -0.1) is 11.6 Å². The van der Waals surface area contributed by atoms with Crippen LogP contribution in [0.25, 0.3) is 0 Å². The number of methoxy groups -OCH3 is 2. The third-order valence-electron chi connectivity index (χ3n) is 2.16. The Morgan fingerprint density at radius 3 is 2.56 bits per heavy atom. The van der Waals surface area contributed by atoms with Crippen LogP contribution in [0.2, 0.25) is 0 Å². The minimum atomic E-state index is -0.504. The fourth-order valence-electron chi connectivity index (χ4n) is 1.31. The molecular formula is C11H12ClFO3. The first-order valence-electron chi connectivity index (χ1n) is 4.60. The van der Waals surface area contributed by atoms with Crippen molar-refractivity contribution in [2.45, 2.75) is 12.3 Å². The Labute approximate surface area is 98.1 Å². The van der Waals surface area contributed by atoms with E-state index < -0.39 is 11.8 Å². The van der Waals surface area contributed by atoms with Crippen LogP contribution in [-0.4, -0.2) is 20.2 Å². The quantitative estimate of drug-likeness (QED) is 0.604. The third kappa shape index (κ3) is 2.85. The van der Waals surface area contributed by atoms with Crippen molar-refractivity contribution in [2.24, 2.45) is 0 Å². The predicted octanol–water partition coefficient (Wildman–Crippen LogP) is 2.29. The minimum absolute atomic E-state index is 0.115. The van der Waals surface area contributed by atoms with Crippen LogP contribution >= 0.6 is 11.6 Å². The molecule has 0 aliphatic rings. The van der Waals surface area contributed by atoms with Gasteiger partial charge in [0.25, 0.3) is 0 Å². The molecule has 0 unspecified atom stereocenters.